The van der Waals surface area contributed by atoms with E-state index >= 15 is 0 Å². The lowest BCUT2D eigenvalue weighted by molar-refractivity contribution is -0.116. The summed E-state index contributed by atoms with van der Waals surface area (Å²) in [7, 11) is 1.73. The van der Waals surface area contributed by atoms with Crippen LogP contribution in [0.5, 0.6) is 0 Å². The van der Waals surface area contributed by atoms with Gasteiger partial charge in [0, 0.05) is 31.6 Å². The Balaban J connectivity index is 1.76. The molecular formula is C15H22ClN3O2. The van der Waals surface area contributed by atoms with E-state index in [1.807, 2.05) is 0 Å². The molecule has 1 unspecified atom stereocenters. The molecule has 1 saturated heterocycles. The molecule has 0 aromatic heterocycles. The number of hydrogen-bond donors (Lipinski definition) is 2. The summed E-state index contributed by atoms with van der Waals surface area (Å²) in [5.74, 6) is 0.542. The first kappa shape index (κ1) is 16.1. The fraction of sp³-hybridized carbons (Fsp3) is 0.533. The van der Waals surface area contributed by atoms with Crippen LogP contribution in [0.15, 0.2) is 18.2 Å². The summed E-state index contributed by atoms with van der Waals surface area (Å²) in [4.78, 5) is 14.3. The van der Waals surface area contributed by atoms with Crippen molar-refractivity contribution in [2.45, 2.75) is 12.8 Å². The van der Waals surface area contributed by atoms with Crippen LogP contribution in [-0.2, 0) is 9.53 Å². The third kappa shape index (κ3) is 4.88. The van der Waals surface area contributed by atoms with Gasteiger partial charge in [-0.2, -0.15) is 0 Å². The number of nitrogens with two attached hydrogens (primary N) is 1. The fourth-order valence-electron chi connectivity index (χ4n) is 2.60. The van der Waals surface area contributed by atoms with Gasteiger partial charge in [-0.25, -0.2) is 0 Å². The number of ether oxygens (including phenoxy) is 1. The number of halogens is 1. The molecule has 3 N–H and O–H groups in total. The summed E-state index contributed by atoms with van der Waals surface area (Å²) in [6.07, 6.45) is 1.59. The van der Waals surface area contributed by atoms with Gasteiger partial charge in [0.2, 0.25) is 5.91 Å². The molecule has 0 aliphatic carbocycles. The number of amides is 1. The molecule has 116 valence electrons. The van der Waals surface area contributed by atoms with Gasteiger partial charge < -0.3 is 20.7 Å². The van der Waals surface area contributed by atoms with Crippen molar-refractivity contribution in [1.82, 2.24) is 4.90 Å². The van der Waals surface area contributed by atoms with Gasteiger partial charge in [-0.15, -0.1) is 0 Å². The lowest BCUT2D eigenvalue weighted by Gasteiger charge is -2.16. The van der Waals surface area contributed by atoms with Crippen molar-refractivity contribution in [1.29, 1.82) is 0 Å². The second-order valence-electron chi connectivity index (χ2n) is 5.44. The monoisotopic (exact) mass is 311 g/mol. The zero-order chi connectivity index (χ0) is 15.2. The molecule has 1 aliphatic rings. The molecule has 21 heavy (non-hydrogen) atoms. The first-order chi connectivity index (χ1) is 10.1. The SMILES string of the molecule is COCC1CCN(CCC(=O)Nc2cc(Cl)ccc2N)C1. The van der Waals surface area contributed by atoms with Crippen LogP contribution < -0.4 is 11.1 Å². The second-order valence-corrected chi connectivity index (χ2v) is 5.88. The number of benzene rings is 1. The third-order valence-electron chi connectivity index (χ3n) is 3.72. The summed E-state index contributed by atoms with van der Waals surface area (Å²) >= 11 is 5.90. The zero-order valence-electron chi connectivity index (χ0n) is 12.3. The van der Waals surface area contributed by atoms with Gasteiger partial charge >= 0.3 is 0 Å². The van der Waals surface area contributed by atoms with Crippen molar-refractivity contribution in [3.05, 3.63) is 23.2 Å². The predicted octanol–water partition coefficient (Wildman–Crippen LogP) is 2.22. The first-order valence-corrected chi connectivity index (χ1v) is 7.52. The number of nitrogens with zero attached hydrogens (tertiary/aromatic N) is 1. The van der Waals surface area contributed by atoms with Crippen molar-refractivity contribution >= 4 is 28.9 Å². The highest BCUT2D eigenvalue weighted by Gasteiger charge is 2.22. The molecule has 0 saturated carbocycles. The van der Waals surface area contributed by atoms with E-state index < -0.39 is 0 Å². The number of anilines is 2. The van der Waals surface area contributed by atoms with Gasteiger partial charge in [-0.3, -0.25) is 4.79 Å². The minimum Gasteiger partial charge on any atom is -0.397 e. The van der Waals surface area contributed by atoms with E-state index in [2.05, 4.69) is 10.2 Å². The van der Waals surface area contributed by atoms with E-state index in [1.165, 1.54) is 0 Å². The van der Waals surface area contributed by atoms with Crippen molar-refractivity contribution in [3.8, 4) is 0 Å². The van der Waals surface area contributed by atoms with Crippen LogP contribution in [0.2, 0.25) is 5.02 Å². The second kappa shape index (κ2) is 7.64. The average molecular weight is 312 g/mol. The maximum Gasteiger partial charge on any atom is 0.225 e. The van der Waals surface area contributed by atoms with Crippen molar-refractivity contribution < 1.29 is 9.53 Å². The summed E-state index contributed by atoms with van der Waals surface area (Å²) in [5.41, 5.74) is 6.91. The number of nitrogens with one attached hydrogen (secondary N) is 1. The van der Waals surface area contributed by atoms with Crippen LogP contribution in [0, 0.1) is 5.92 Å². The number of hydrogen-bond acceptors (Lipinski definition) is 4. The summed E-state index contributed by atoms with van der Waals surface area (Å²) in [5, 5.41) is 3.37. The van der Waals surface area contributed by atoms with Crippen molar-refractivity contribution in [3.63, 3.8) is 0 Å². The van der Waals surface area contributed by atoms with Crippen LogP contribution in [-0.4, -0.2) is 44.2 Å². The predicted molar refractivity (Wildman–Crippen MR) is 85.5 cm³/mol. The van der Waals surface area contributed by atoms with E-state index in [0.717, 1.165) is 32.7 Å². The molecule has 0 radical (unpaired) electrons. The summed E-state index contributed by atoms with van der Waals surface area (Å²) < 4.78 is 5.17. The van der Waals surface area contributed by atoms with Crippen LogP contribution in [0.1, 0.15) is 12.8 Å². The number of methoxy groups -OCH3 is 1. The van der Waals surface area contributed by atoms with Crippen LogP contribution >= 0.6 is 11.6 Å². The summed E-state index contributed by atoms with van der Waals surface area (Å²) in [6.45, 7) is 3.58. The Hall–Kier alpha value is -1.30. The normalized spacial score (nSPS) is 18.9. The number of carbonyl (C=O) groups excluding carboxylic acids is 1. The lowest BCUT2D eigenvalue weighted by atomic mass is 10.1. The van der Waals surface area contributed by atoms with Crippen LogP contribution in [0.3, 0.4) is 0 Å². The Morgan fingerprint density at radius 3 is 3.14 bits per heavy atom. The lowest BCUT2D eigenvalue weighted by Crippen LogP contribution is -2.26. The van der Waals surface area contributed by atoms with Crippen LogP contribution in [0.25, 0.3) is 0 Å². The fourth-order valence-corrected chi connectivity index (χ4v) is 2.77. The van der Waals surface area contributed by atoms with Crippen LogP contribution in [0.4, 0.5) is 11.4 Å². The molecular weight excluding hydrogens is 290 g/mol. The third-order valence-corrected chi connectivity index (χ3v) is 3.95. The minimum absolute atomic E-state index is 0.0424. The Morgan fingerprint density at radius 2 is 2.38 bits per heavy atom. The molecule has 6 heteroatoms. The average Bonchev–Trinajstić information content (AvgIpc) is 2.89. The highest BCUT2D eigenvalue weighted by atomic mass is 35.5. The molecule has 2 rings (SSSR count). The standard InChI is InChI=1S/C15H22ClN3O2/c1-21-10-11-4-6-19(9-11)7-5-15(20)18-14-8-12(16)2-3-13(14)17/h2-3,8,11H,4-7,9-10,17H2,1H3,(H,18,20). The summed E-state index contributed by atoms with van der Waals surface area (Å²) in [6, 6.07) is 5.06. The van der Waals surface area contributed by atoms with E-state index in [4.69, 9.17) is 22.1 Å². The van der Waals surface area contributed by atoms with E-state index in [-0.39, 0.29) is 5.91 Å². The molecule has 1 aliphatic heterocycles. The molecule has 1 fully saturated rings. The smallest absolute Gasteiger partial charge is 0.225 e. The largest absolute Gasteiger partial charge is 0.397 e. The van der Waals surface area contributed by atoms with Crippen molar-refractivity contribution in [2.75, 3.05) is 44.4 Å². The number of carbonyl (C=O) groups is 1. The number of nitrogen functional groups attached to an aromatic ring is 1. The number of likely N-dealkylation sites (tertiary alicyclic amines) is 1. The minimum atomic E-state index is -0.0424. The highest BCUT2D eigenvalue weighted by molar-refractivity contribution is 6.31. The molecule has 1 aromatic rings. The van der Waals surface area contributed by atoms with Gasteiger partial charge in [-0.05, 0) is 37.1 Å². The van der Waals surface area contributed by atoms with Gasteiger partial charge in [-0.1, -0.05) is 11.6 Å². The Bertz CT molecular complexity index is 496. The molecule has 1 heterocycles. The van der Waals surface area contributed by atoms with Crippen molar-refractivity contribution in [2.24, 2.45) is 5.92 Å². The molecule has 1 atom stereocenters. The highest BCUT2D eigenvalue weighted by Crippen LogP contribution is 2.23. The van der Waals surface area contributed by atoms with E-state index in [9.17, 15) is 4.79 Å². The first-order valence-electron chi connectivity index (χ1n) is 7.14. The maximum atomic E-state index is 12.0. The molecule has 1 amide bonds. The molecule has 0 spiro atoms. The zero-order valence-corrected chi connectivity index (χ0v) is 13.0. The van der Waals surface area contributed by atoms with E-state index in [1.54, 1.807) is 25.3 Å². The van der Waals surface area contributed by atoms with E-state index in [0.29, 0.717) is 28.7 Å². The maximum absolute atomic E-state index is 12.0. The molecule has 1 aromatic carbocycles. The Morgan fingerprint density at radius 1 is 1.57 bits per heavy atom. The van der Waals surface area contributed by atoms with Gasteiger partial charge in [0.25, 0.3) is 0 Å². The Kier molecular flexibility index (Phi) is 5.85. The van der Waals surface area contributed by atoms with Gasteiger partial charge in [0.15, 0.2) is 0 Å². The molecule has 5 nitrogen and oxygen atoms in total. The van der Waals surface area contributed by atoms with Gasteiger partial charge in [0.1, 0.15) is 0 Å². The van der Waals surface area contributed by atoms with Gasteiger partial charge in [0.05, 0.1) is 18.0 Å². The number of rotatable bonds is 6. The topological polar surface area (TPSA) is 67.6 Å². The molecule has 0 bridgehead atoms. The quantitative estimate of drug-likeness (QED) is 0.791. The Labute approximate surface area is 130 Å².